The van der Waals surface area contributed by atoms with E-state index >= 15 is 0 Å². The maximum Gasteiger partial charge on any atom is 0.122 e. The zero-order valence-corrected chi connectivity index (χ0v) is 7.52. The summed E-state index contributed by atoms with van der Waals surface area (Å²) in [6.45, 7) is 5.88. The predicted octanol–water partition coefficient (Wildman–Crippen LogP) is -1.06. The summed E-state index contributed by atoms with van der Waals surface area (Å²) in [6, 6.07) is 0. The molecule has 0 aromatic rings. The molecule has 3 heteroatoms. The quantitative estimate of drug-likeness (QED) is 0.454. The van der Waals surface area contributed by atoms with Crippen LogP contribution in [-0.2, 0) is 0 Å². The van der Waals surface area contributed by atoms with Crippen molar-refractivity contribution in [1.29, 1.82) is 0 Å². The fourth-order valence-corrected chi connectivity index (χ4v) is 1.06. The molecule has 0 radical (unpaired) electrons. The van der Waals surface area contributed by atoms with E-state index in [1.807, 2.05) is 5.70 Å². The fraction of sp³-hybridized carbons (Fsp3) is 0.333. The van der Waals surface area contributed by atoms with Crippen LogP contribution in [0.25, 0.3) is 0 Å². The highest BCUT2D eigenvalue weighted by molar-refractivity contribution is 6.64. The smallest absolute Gasteiger partial charge is 0.122 e. The van der Waals surface area contributed by atoms with Crippen LogP contribution < -0.4 is 4.65 Å². The summed E-state index contributed by atoms with van der Waals surface area (Å²) in [7, 11) is 0.538. The highest BCUT2D eigenvalue weighted by Gasteiger charge is 1.85. The van der Waals surface area contributed by atoms with Crippen molar-refractivity contribution in [2.24, 2.45) is 0 Å². The van der Waals surface area contributed by atoms with Crippen molar-refractivity contribution in [1.82, 2.24) is 4.65 Å². The SMILES string of the molecule is C=C[SiH](C)N[SiH3]. The molecule has 0 aliphatic rings. The third kappa shape index (κ3) is 2.38. The molecule has 0 rings (SSSR count). The van der Waals surface area contributed by atoms with Gasteiger partial charge in [-0.2, -0.15) is 0 Å². The van der Waals surface area contributed by atoms with Gasteiger partial charge in [0.2, 0.25) is 0 Å². The molecule has 0 aliphatic carbocycles. The lowest BCUT2D eigenvalue weighted by Gasteiger charge is -1.95. The summed E-state index contributed by atoms with van der Waals surface area (Å²) in [5.74, 6) is 0. The molecule has 0 heterocycles. The van der Waals surface area contributed by atoms with Crippen molar-refractivity contribution in [3.05, 3.63) is 12.3 Å². The first-order valence-electron chi connectivity index (χ1n) is 2.11. The largest absolute Gasteiger partial charge is 0.366 e. The minimum atomic E-state index is -0.585. The van der Waals surface area contributed by atoms with Crippen molar-refractivity contribution < 1.29 is 0 Å². The van der Waals surface area contributed by atoms with Crippen molar-refractivity contribution in [3.8, 4) is 0 Å². The van der Waals surface area contributed by atoms with Gasteiger partial charge >= 0.3 is 0 Å². The molecule has 0 saturated carbocycles. The van der Waals surface area contributed by atoms with Gasteiger partial charge in [0.05, 0.1) is 10.4 Å². The molecule has 0 amide bonds. The lowest BCUT2D eigenvalue weighted by Crippen LogP contribution is -2.24. The van der Waals surface area contributed by atoms with E-state index < -0.39 is 8.96 Å². The number of nitrogens with one attached hydrogen (secondary N) is 1. The van der Waals surface area contributed by atoms with Crippen molar-refractivity contribution in [2.45, 2.75) is 6.55 Å². The van der Waals surface area contributed by atoms with Gasteiger partial charge in [0.25, 0.3) is 0 Å². The van der Waals surface area contributed by atoms with Crippen LogP contribution >= 0.6 is 0 Å². The van der Waals surface area contributed by atoms with Gasteiger partial charge in [-0.3, -0.25) is 0 Å². The molecular weight excluding hydrogens is 106 g/mol. The molecule has 0 aromatic heterocycles. The zero-order valence-electron chi connectivity index (χ0n) is 4.36. The Labute approximate surface area is 43.6 Å². The van der Waals surface area contributed by atoms with Gasteiger partial charge < -0.3 is 4.65 Å². The second-order valence-corrected chi connectivity index (χ2v) is 5.67. The van der Waals surface area contributed by atoms with E-state index in [1.54, 1.807) is 0 Å². The normalized spacial score (nSPS) is 14.2. The molecule has 0 spiro atoms. The van der Waals surface area contributed by atoms with Gasteiger partial charge in [-0.15, -0.1) is 6.58 Å². The van der Waals surface area contributed by atoms with Gasteiger partial charge in [0, 0.05) is 0 Å². The molecule has 1 unspecified atom stereocenters. The first kappa shape index (κ1) is 6.13. The standard InChI is InChI=1S/C3H11NSi2/c1-3-6(2)4-5/h3-4,6H,1H2,2,5H3. The predicted molar refractivity (Wildman–Crippen MR) is 36.3 cm³/mol. The Morgan fingerprint density at radius 3 is 2.50 bits per heavy atom. The van der Waals surface area contributed by atoms with Crippen LogP contribution in [-0.4, -0.2) is 19.4 Å². The Morgan fingerprint density at radius 1 is 2.00 bits per heavy atom. The second-order valence-electron chi connectivity index (χ2n) is 1.31. The van der Waals surface area contributed by atoms with Crippen LogP contribution in [0.1, 0.15) is 0 Å². The monoisotopic (exact) mass is 117 g/mol. The van der Waals surface area contributed by atoms with E-state index in [9.17, 15) is 0 Å². The number of rotatable bonds is 2. The Balaban J connectivity index is 2.96. The van der Waals surface area contributed by atoms with Gasteiger partial charge in [0.15, 0.2) is 0 Å². The van der Waals surface area contributed by atoms with Crippen LogP contribution in [0, 0.1) is 0 Å². The minimum Gasteiger partial charge on any atom is -0.366 e. The summed E-state index contributed by atoms with van der Waals surface area (Å²) in [5.41, 5.74) is 2.03. The van der Waals surface area contributed by atoms with Crippen LogP contribution in [0.3, 0.4) is 0 Å². The van der Waals surface area contributed by atoms with Crippen LogP contribution in [0.5, 0.6) is 0 Å². The van der Waals surface area contributed by atoms with E-state index in [4.69, 9.17) is 0 Å². The third-order valence-electron chi connectivity index (χ3n) is 0.809. The maximum absolute atomic E-state index is 3.65. The summed E-state index contributed by atoms with van der Waals surface area (Å²) >= 11 is 0. The number of hydrogen-bond acceptors (Lipinski definition) is 1. The highest BCUT2D eigenvalue weighted by atomic mass is 28.3. The molecule has 6 heavy (non-hydrogen) atoms. The average molecular weight is 117 g/mol. The Bertz CT molecular complexity index is 46.1. The molecule has 0 fully saturated rings. The van der Waals surface area contributed by atoms with E-state index in [1.165, 1.54) is 0 Å². The summed E-state index contributed by atoms with van der Waals surface area (Å²) < 4.78 is 3.27. The molecular formula is C3H11NSi2. The Kier molecular flexibility index (Phi) is 3.40. The van der Waals surface area contributed by atoms with Crippen molar-refractivity contribution in [3.63, 3.8) is 0 Å². The van der Waals surface area contributed by atoms with Crippen LogP contribution in [0.4, 0.5) is 0 Å². The van der Waals surface area contributed by atoms with E-state index in [-0.39, 0.29) is 0 Å². The second kappa shape index (κ2) is 3.33. The fourth-order valence-electron chi connectivity index (χ4n) is 0.118. The Morgan fingerprint density at radius 2 is 2.50 bits per heavy atom. The van der Waals surface area contributed by atoms with Crippen LogP contribution in [0.2, 0.25) is 6.55 Å². The lowest BCUT2D eigenvalue weighted by atomic mass is 11.3. The zero-order chi connectivity index (χ0) is 4.99. The van der Waals surface area contributed by atoms with Crippen LogP contribution in [0.15, 0.2) is 12.3 Å². The topological polar surface area (TPSA) is 12.0 Å². The molecule has 1 nitrogen and oxygen atoms in total. The minimum absolute atomic E-state index is 0.585. The van der Waals surface area contributed by atoms with Gasteiger partial charge in [-0.25, -0.2) is 0 Å². The van der Waals surface area contributed by atoms with Gasteiger partial charge in [0.1, 0.15) is 8.96 Å². The number of hydrogen-bond donors (Lipinski definition) is 1. The average Bonchev–Trinajstić information content (AvgIpc) is 1.65. The highest BCUT2D eigenvalue weighted by Crippen LogP contribution is 1.68. The lowest BCUT2D eigenvalue weighted by molar-refractivity contribution is 1.57. The van der Waals surface area contributed by atoms with Gasteiger partial charge in [-0.1, -0.05) is 12.2 Å². The third-order valence-corrected chi connectivity index (χ3v) is 5.16. The summed E-state index contributed by atoms with van der Waals surface area (Å²) in [5, 5.41) is 0. The molecule has 0 saturated heterocycles. The first-order valence-corrected chi connectivity index (χ1v) is 5.51. The molecule has 1 N–H and O–H groups in total. The van der Waals surface area contributed by atoms with E-state index in [0.717, 1.165) is 10.4 Å². The molecule has 0 bridgehead atoms. The van der Waals surface area contributed by atoms with Crippen molar-refractivity contribution in [2.75, 3.05) is 0 Å². The maximum atomic E-state index is 3.65. The summed E-state index contributed by atoms with van der Waals surface area (Å²) in [6.07, 6.45) is 0. The molecule has 36 valence electrons. The first-order chi connectivity index (χ1) is 2.81. The van der Waals surface area contributed by atoms with Gasteiger partial charge in [-0.05, 0) is 0 Å². The molecule has 0 aliphatic heterocycles. The van der Waals surface area contributed by atoms with Crippen molar-refractivity contribution >= 4 is 19.4 Å². The molecule has 0 aromatic carbocycles. The Hall–Kier alpha value is 0.134. The molecule has 1 atom stereocenters. The summed E-state index contributed by atoms with van der Waals surface area (Å²) in [4.78, 5) is 0. The van der Waals surface area contributed by atoms with E-state index in [0.29, 0.717) is 0 Å². The van der Waals surface area contributed by atoms with E-state index in [2.05, 4.69) is 17.8 Å².